The Morgan fingerprint density at radius 2 is 2.29 bits per heavy atom. The average molecular weight is 198 g/mol. The zero-order chi connectivity index (χ0) is 10.8. The lowest BCUT2D eigenvalue weighted by atomic mass is 9.87. The summed E-state index contributed by atoms with van der Waals surface area (Å²) in [6, 6.07) is 0. The van der Waals surface area contributed by atoms with Crippen LogP contribution in [-0.2, 0) is 9.59 Å². The number of carbonyl (C=O) groups excluding carboxylic acids is 2. The average Bonchev–Trinajstić information content (AvgIpc) is 2.39. The third-order valence-electron chi connectivity index (χ3n) is 2.95. The topological polar surface area (TPSA) is 49.4 Å². The number of hydrazine groups is 1. The van der Waals surface area contributed by atoms with Crippen LogP contribution in [0.15, 0.2) is 0 Å². The van der Waals surface area contributed by atoms with Gasteiger partial charge in [0.05, 0.1) is 0 Å². The second kappa shape index (κ2) is 4.09. The van der Waals surface area contributed by atoms with Crippen molar-refractivity contribution in [1.29, 1.82) is 0 Å². The first-order chi connectivity index (χ1) is 6.49. The minimum absolute atomic E-state index is 0.0862. The first kappa shape index (κ1) is 11.2. The molecule has 1 heterocycles. The van der Waals surface area contributed by atoms with Crippen molar-refractivity contribution in [2.45, 2.75) is 39.2 Å². The van der Waals surface area contributed by atoms with Crippen LogP contribution in [0, 0.1) is 5.92 Å². The summed E-state index contributed by atoms with van der Waals surface area (Å²) in [7, 11) is 0. The van der Waals surface area contributed by atoms with Gasteiger partial charge in [-0.15, -0.1) is 0 Å². The van der Waals surface area contributed by atoms with E-state index in [9.17, 15) is 9.59 Å². The van der Waals surface area contributed by atoms with Gasteiger partial charge in [0.25, 0.3) is 0 Å². The summed E-state index contributed by atoms with van der Waals surface area (Å²) < 4.78 is 0. The van der Waals surface area contributed by atoms with E-state index in [0.29, 0.717) is 25.3 Å². The number of carbonyl (C=O) groups is 2. The fourth-order valence-electron chi connectivity index (χ4n) is 1.52. The molecule has 1 atom stereocenters. The van der Waals surface area contributed by atoms with E-state index in [1.807, 2.05) is 6.92 Å². The molecule has 1 rings (SSSR count). The fraction of sp³-hybridized carbons (Fsp3) is 0.800. The Morgan fingerprint density at radius 3 is 2.71 bits per heavy atom. The molecular formula is C10H18N2O2. The fourth-order valence-corrected chi connectivity index (χ4v) is 1.52. The molecule has 0 aromatic heterocycles. The third-order valence-corrected chi connectivity index (χ3v) is 2.95. The Labute approximate surface area is 84.6 Å². The first-order valence-corrected chi connectivity index (χ1v) is 5.01. The molecule has 0 aliphatic carbocycles. The van der Waals surface area contributed by atoms with Crippen LogP contribution in [0.1, 0.15) is 33.6 Å². The van der Waals surface area contributed by atoms with Crippen LogP contribution < -0.4 is 5.43 Å². The summed E-state index contributed by atoms with van der Waals surface area (Å²) in [6.07, 6.45) is 1.75. The highest BCUT2D eigenvalue weighted by atomic mass is 16.2. The minimum atomic E-state index is -0.153. The number of nitrogens with zero attached hydrogens (tertiary/aromatic N) is 1. The van der Waals surface area contributed by atoms with E-state index in [4.69, 9.17) is 0 Å². The SMILES string of the molecule is CC(C)C1(C)CC(=O)N(CCC=O)N1. The molecule has 1 aliphatic rings. The lowest BCUT2D eigenvalue weighted by Crippen LogP contribution is -2.47. The van der Waals surface area contributed by atoms with Crippen molar-refractivity contribution in [1.82, 2.24) is 10.4 Å². The van der Waals surface area contributed by atoms with Gasteiger partial charge in [0.1, 0.15) is 6.29 Å². The lowest BCUT2D eigenvalue weighted by molar-refractivity contribution is -0.129. The van der Waals surface area contributed by atoms with Gasteiger partial charge in [-0.25, -0.2) is 5.43 Å². The number of nitrogens with one attached hydrogen (secondary N) is 1. The second-order valence-electron chi connectivity index (χ2n) is 4.36. The third kappa shape index (κ3) is 2.12. The smallest absolute Gasteiger partial charge is 0.238 e. The molecule has 0 spiro atoms. The number of hydrogen-bond acceptors (Lipinski definition) is 3. The molecule has 1 N–H and O–H groups in total. The quantitative estimate of drug-likeness (QED) is 0.677. The summed E-state index contributed by atoms with van der Waals surface area (Å²) in [5.74, 6) is 0.482. The Morgan fingerprint density at radius 1 is 1.64 bits per heavy atom. The van der Waals surface area contributed by atoms with E-state index in [-0.39, 0.29) is 11.4 Å². The van der Waals surface area contributed by atoms with Gasteiger partial charge in [-0.2, -0.15) is 0 Å². The summed E-state index contributed by atoms with van der Waals surface area (Å²) in [5, 5.41) is 1.56. The van der Waals surface area contributed by atoms with Gasteiger partial charge < -0.3 is 4.79 Å². The molecule has 1 saturated heterocycles. The van der Waals surface area contributed by atoms with Gasteiger partial charge in [0.15, 0.2) is 0 Å². The van der Waals surface area contributed by atoms with Gasteiger partial charge in [0, 0.05) is 24.9 Å². The zero-order valence-electron chi connectivity index (χ0n) is 9.04. The predicted octanol–water partition coefficient (Wildman–Crippen LogP) is 0.727. The molecule has 80 valence electrons. The summed E-state index contributed by atoms with van der Waals surface area (Å²) in [6.45, 7) is 6.69. The molecule has 14 heavy (non-hydrogen) atoms. The molecule has 0 bridgehead atoms. The number of aldehydes is 1. The summed E-state index contributed by atoms with van der Waals surface area (Å²) in [5.41, 5.74) is 3.02. The molecule has 1 fully saturated rings. The Balaban J connectivity index is 2.59. The number of amides is 1. The van der Waals surface area contributed by atoms with Crippen LogP contribution in [0.4, 0.5) is 0 Å². The van der Waals surface area contributed by atoms with Crippen molar-refractivity contribution in [3.8, 4) is 0 Å². The molecule has 0 aromatic carbocycles. The molecule has 1 unspecified atom stereocenters. The van der Waals surface area contributed by atoms with Crippen molar-refractivity contribution in [2.75, 3.05) is 6.54 Å². The highest BCUT2D eigenvalue weighted by Crippen LogP contribution is 2.27. The molecule has 0 saturated carbocycles. The van der Waals surface area contributed by atoms with Gasteiger partial charge in [0.2, 0.25) is 5.91 Å². The van der Waals surface area contributed by atoms with E-state index in [2.05, 4.69) is 19.3 Å². The van der Waals surface area contributed by atoms with Crippen molar-refractivity contribution in [3.05, 3.63) is 0 Å². The van der Waals surface area contributed by atoms with Gasteiger partial charge in [-0.1, -0.05) is 13.8 Å². The normalized spacial score (nSPS) is 27.4. The van der Waals surface area contributed by atoms with E-state index < -0.39 is 0 Å². The molecule has 4 heteroatoms. The van der Waals surface area contributed by atoms with Gasteiger partial charge in [-0.3, -0.25) is 9.80 Å². The van der Waals surface area contributed by atoms with Gasteiger partial charge in [-0.05, 0) is 12.8 Å². The number of hydrogen-bond donors (Lipinski definition) is 1. The summed E-state index contributed by atoms with van der Waals surface area (Å²) >= 11 is 0. The van der Waals surface area contributed by atoms with Crippen molar-refractivity contribution in [3.63, 3.8) is 0 Å². The highest BCUT2D eigenvalue weighted by molar-refractivity contribution is 5.79. The van der Waals surface area contributed by atoms with E-state index in [1.54, 1.807) is 5.01 Å². The van der Waals surface area contributed by atoms with E-state index in [1.165, 1.54) is 0 Å². The molecule has 0 aromatic rings. The molecule has 0 radical (unpaired) electrons. The van der Waals surface area contributed by atoms with Crippen LogP contribution in [-0.4, -0.2) is 29.3 Å². The highest BCUT2D eigenvalue weighted by Gasteiger charge is 2.40. The Kier molecular flexibility index (Phi) is 3.26. The lowest BCUT2D eigenvalue weighted by Gasteiger charge is -2.29. The molecular weight excluding hydrogens is 180 g/mol. The van der Waals surface area contributed by atoms with Crippen LogP contribution >= 0.6 is 0 Å². The number of rotatable bonds is 4. The van der Waals surface area contributed by atoms with Crippen LogP contribution in [0.3, 0.4) is 0 Å². The largest absolute Gasteiger partial charge is 0.303 e. The minimum Gasteiger partial charge on any atom is -0.303 e. The van der Waals surface area contributed by atoms with Crippen LogP contribution in [0.2, 0.25) is 0 Å². The Bertz CT molecular complexity index is 240. The molecule has 4 nitrogen and oxygen atoms in total. The first-order valence-electron chi connectivity index (χ1n) is 5.01. The summed E-state index contributed by atoms with van der Waals surface area (Å²) in [4.78, 5) is 21.7. The zero-order valence-corrected chi connectivity index (χ0v) is 9.04. The Hall–Kier alpha value is -0.900. The molecule has 1 amide bonds. The van der Waals surface area contributed by atoms with Crippen molar-refractivity contribution < 1.29 is 9.59 Å². The maximum atomic E-state index is 11.5. The van der Waals surface area contributed by atoms with E-state index >= 15 is 0 Å². The maximum Gasteiger partial charge on any atom is 0.238 e. The maximum absolute atomic E-state index is 11.5. The monoisotopic (exact) mass is 198 g/mol. The van der Waals surface area contributed by atoms with Crippen molar-refractivity contribution in [2.24, 2.45) is 5.92 Å². The van der Waals surface area contributed by atoms with Gasteiger partial charge >= 0.3 is 0 Å². The standard InChI is InChI=1S/C10H18N2O2/c1-8(2)10(3)7-9(14)12(11-10)5-4-6-13/h6,8,11H,4-5,7H2,1-3H3. The van der Waals surface area contributed by atoms with Crippen molar-refractivity contribution >= 4 is 12.2 Å². The second-order valence-corrected chi connectivity index (χ2v) is 4.36. The van der Waals surface area contributed by atoms with Crippen LogP contribution in [0.25, 0.3) is 0 Å². The van der Waals surface area contributed by atoms with Crippen LogP contribution in [0.5, 0.6) is 0 Å². The van der Waals surface area contributed by atoms with E-state index in [0.717, 1.165) is 6.29 Å². The predicted molar refractivity (Wildman–Crippen MR) is 53.4 cm³/mol. The molecule has 1 aliphatic heterocycles.